The summed E-state index contributed by atoms with van der Waals surface area (Å²) in [6, 6.07) is 18.1. The molecule has 0 amide bonds. The second-order valence-electron chi connectivity index (χ2n) is 5.91. The van der Waals surface area contributed by atoms with Gasteiger partial charge in [0.1, 0.15) is 0 Å². The molecule has 2 aromatic carbocycles. The van der Waals surface area contributed by atoms with Crippen molar-refractivity contribution in [2.75, 3.05) is 0 Å². The minimum Gasteiger partial charge on any atom is -0.481 e. The predicted octanol–water partition coefficient (Wildman–Crippen LogP) is 4.15. The Balaban J connectivity index is 1.94. The summed E-state index contributed by atoms with van der Waals surface area (Å²) >= 11 is 0. The van der Waals surface area contributed by atoms with Crippen LogP contribution in [0.4, 0.5) is 0 Å². The molecule has 1 N–H and O–H groups in total. The number of carbonyl (C=O) groups is 1. The lowest BCUT2D eigenvalue weighted by Gasteiger charge is -2.38. The van der Waals surface area contributed by atoms with Gasteiger partial charge in [-0.15, -0.1) is 0 Å². The molecule has 0 radical (unpaired) electrons. The van der Waals surface area contributed by atoms with Crippen molar-refractivity contribution in [2.24, 2.45) is 0 Å². The third-order valence-electron chi connectivity index (χ3n) is 4.90. The van der Waals surface area contributed by atoms with Crippen LogP contribution in [0, 0.1) is 0 Å². The third kappa shape index (κ3) is 2.25. The van der Waals surface area contributed by atoms with Crippen molar-refractivity contribution >= 4 is 5.97 Å². The lowest BCUT2D eigenvalue weighted by molar-refractivity contribution is -0.144. The highest BCUT2D eigenvalue weighted by Gasteiger charge is 2.43. The number of carboxylic acid groups (broad SMARTS) is 1. The van der Waals surface area contributed by atoms with E-state index in [1.165, 1.54) is 11.1 Å². The van der Waals surface area contributed by atoms with E-state index >= 15 is 0 Å². The molecule has 1 aliphatic rings. The summed E-state index contributed by atoms with van der Waals surface area (Å²) in [5, 5.41) is 9.89. The molecule has 0 saturated heterocycles. The van der Waals surface area contributed by atoms with E-state index < -0.39 is 11.4 Å². The Hall–Kier alpha value is -2.09. The van der Waals surface area contributed by atoms with E-state index in [2.05, 4.69) is 18.2 Å². The molecule has 2 aromatic rings. The Bertz CT molecular complexity index is 648. The zero-order valence-corrected chi connectivity index (χ0v) is 12.3. The molecule has 2 heteroatoms. The molecule has 0 fully saturated rings. The van der Waals surface area contributed by atoms with Gasteiger partial charge < -0.3 is 5.11 Å². The van der Waals surface area contributed by atoms with Crippen LogP contribution < -0.4 is 0 Å². The van der Waals surface area contributed by atoms with Crippen molar-refractivity contribution in [1.29, 1.82) is 0 Å². The van der Waals surface area contributed by atoms with Gasteiger partial charge in [-0.2, -0.15) is 0 Å². The van der Waals surface area contributed by atoms with Gasteiger partial charge in [0.15, 0.2) is 0 Å². The van der Waals surface area contributed by atoms with E-state index in [9.17, 15) is 9.90 Å². The average Bonchev–Trinajstić information content (AvgIpc) is 2.49. The number of rotatable bonds is 5. The largest absolute Gasteiger partial charge is 0.481 e. The number of carboxylic acids is 1. The number of benzene rings is 2. The Kier molecular flexibility index (Phi) is 3.54. The topological polar surface area (TPSA) is 37.3 Å². The van der Waals surface area contributed by atoms with Crippen LogP contribution in [-0.2, 0) is 16.6 Å². The molecule has 0 bridgehead atoms. The molecular formula is C19H20O2. The molecular weight excluding hydrogens is 260 g/mol. The lowest BCUT2D eigenvalue weighted by Crippen LogP contribution is -2.38. The third-order valence-corrected chi connectivity index (χ3v) is 4.90. The summed E-state index contributed by atoms with van der Waals surface area (Å²) in [7, 11) is 0. The highest BCUT2D eigenvalue weighted by Crippen LogP contribution is 2.45. The summed E-state index contributed by atoms with van der Waals surface area (Å²) in [5.74, 6) is -0.349. The van der Waals surface area contributed by atoms with Crippen molar-refractivity contribution in [2.45, 2.75) is 37.5 Å². The molecule has 2 unspecified atom stereocenters. The molecule has 108 valence electrons. The molecule has 3 rings (SSSR count). The maximum Gasteiger partial charge on any atom is 0.314 e. The van der Waals surface area contributed by atoms with Crippen LogP contribution in [-0.4, -0.2) is 11.1 Å². The van der Waals surface area contributed by atoms with Crippen molar-refractivity contribution in [1.82, 2.24) is 0 Å². The Morgan fingerprint density at radius 3 is 2.43 bits per heavy atom. The zero-order valence-electron chi connectivity index (χ0n) is 12.3. The van der Waals surface area contributed by atoms with Gasteiger partial charge >= 0.3 is 5.97 Å². The molecule has 1 aliphatic carbocycles. The Morgan fingerprint density at radius 1 is 1.14 bits per heavy atom. The van der Waals surface area contributed by atoms with Gasteiger partial charge in [0.05, 0.1) is 5.41 Å². The second-order valence-corrected chi connectivity index (χ2v) is 5.91. The second kappa shape index (κ2) is 5.36. The molecule has 0 spiro atoms. The van der Waals surface area contributed by atoms with Crippen molar-refractivity contribution in [3.63, 3.8) is 0 Å². The quantitative estimate of drug-likeness (QED) is 0.893. The van der Waals surface area contributed by atoms with Crippen LogP contribution in [0.15, 0.2) is 54.6 Å². The molecule has 21 heavy (non-hydrogen) atoms. The van der Waals surface area contributed by atoms with E-state index in [1.807, 2.05) is 43.3 Å². The van der Waals surface area contributed by atoms with E-state index in [-0.39, 0.29) is 0 Å². The maximum atomic E-state index is 12.0. The summed E-state index contributed by atoms with van der Waals surface area (Å²) < 4.78 is 0. The van der Waals surface area contributed by atoms with Crippen LogP contribution in [0.2, 0.25) is 0 Å². The van der Waals surface area contributed by atoms with Crippen LogP contribution in [0.1, 0.15) is 42.4 Å². The monoisotopic (exact) mass is 280 g/mol. The van der Waals surface area contributed by atoms with Gasteiger partial charge in [-0.1, -0.05) is 61.5 Å². The molecule has 2 nitrogen and oxygen atoms in total. The standard InChI is InChI=1S/C19H20O2/c1-2-19(18(20)21,16-9-4-3-5-10-16)13-15-12-14-8-6-7-11-17(14)15/h3-11,15H,2,12-13H2,1H3,(H,20,21). The van der Waals surface area contributed by atoms with Crippen molar-refractivity contribution in [3.8, 4) is 0 Å². The Morgan fingerprint density at radius 2 is 1.81 bits per heavy atom. The molecule has 0 heterocycles. The predicted molar refractivity (Wildman–Crippen MR) is 83.6 cm³/mol. The van der Waals surface area contributed by atoms with E-state index in [4.69, 9.17) is 0 Å². The van der Waals surface area contributed by atoms with Crippen molar-refractivity contribution < 1.29 is 9.90 Å². The van der Waals surface area contributed by atoms with Gasteiger partial charge in [-0.25, -0.2) is 0 Å². The fourth-order valence-electron chi connectivity index (χ4n) is 3.55. The fourth-order valence-corrected chi connectivity index (χ4v) is 3.55. The zero-order chi connectivity index (χ0) is 14.9. The van der Waals surface area contributed by atoms with Gasteiger partial charge in [-0.05, 0) is 41.9 Å². The van der Waals surface area contributed by atoms with E-state index in [0.717, 1.165) is 12.0 Å². The van der Waals surface area contributed by atoms with Crippen molar-refractivity contribution in [3.05, 3.63) is 71.3 Å². The molecule has 0 aliphatic heterocycles. The molecule has 2 atom stereocenters. The highest BCUT2D eigenvalue weighted by molar-refractivity contribution is 5.81. The van der Waals surface area contributed by atoms with Crippen LogP contribution in [0.5, 0.6) is 0 Å². The van der Waals surface area contributed by atoms with Gasteiger partial charge in [0.25, 0.3) is 0 Å². The summed E-state index contributed by atoms with van der Waals surface area (Å²) in [6.45, 7) is 1.98. The first kappa shape index (κ1) is 13.9. The minimum atomic E-state index is -0.778. The first-order valence-corrected chi connectivity index (χ1v) is 7.54. The summed E-state index contributed by atoms with van der Waals surface area (Å²) in [5.41, 5.74) is 2.84. The summed E-state index contributed by atoms with van der Waals surface area (Å²) in [4.78, 5) is 12.0. The maximum absolute atomic E-state index is 12.0. The van der Waals surface area contributed by atoms with E-state index in [1.54, 1.807) is 0 Å². The number of fused-ring (bicyclic) bond motifs is 1. The SMILES string of the molecule is CCC(CC1Cc2ccccc21)(C(=O)O)c1ccccc1. The van der Waals surface area contributed by atoms with Gasteiger partial charge in [0.2, 0.25) is 0 Å². The van der Waals surface area contributed by atoms with Gasteiger partial charge in [0, 0.05) is 0 Å². The number of aliphatic carboxylic acids is 1. The molecule has 0 aromatic heterocycles. The highest BCUT2D eigenvalue weighted by atomic mass is 16.4. The smallest absolute Gasteiger partial charge is 0.314 e. The molecule has 0 saturated carbocycles. The van der Waals surface area contributed by atoms with E-state index in [0.29, 0.717) is 18.8 Å². The number of hydrogen-bond acceptors (Lipinski definition) is 1. The first-order chi connectivity index (χ1) is 10.2. The van der Waals surface area contributed by atoms with Crippen LogP contribution in [0.3, 0.4) is 0 Å². The normalized spacial score (nSPS) is 19.2. The van der Waals surface area contributed by atoms with Crippen LogP contribution in [0.25, 0.3) is 0 Å². The Labute approximate surface area is 125 Å². The lowest BCUT2D eigenvalue weighted by atomic mass is 9.65. The minimum absolute atomic E-state index is 0.359. The summed E-state index contributed by atoms with van der Waals surface area (Å²) in [6.07, 6.45) is 2.29. The fraction of sp³-hybridized carbons (Fsp3) is 0.316. The number of hydrogen-bond donors (Lipinski definition) is 1. The van der Waals surface area contributed by atoms with Gasteiger partial charge in [-0.3, -0.25) is 4.79 Å². The first-order valence-electron chi connectivity index (χ1n) is 7.54. The average molecular weight is 280 g/mol. The van der Waals surface area contributed by atoms with Crippen LogP contribution >= 0.6 is 0 Å².